The fourth-order valence-corrected chi connectivity index (χ4v) is 3.52. The molecule has 0 radical (unpaired) electrons. The first-order chi connectivity index (χ1) is 12.8. The number of amides is 1. The molecule has 142 valence electrons. The van der Waals surface area contributed by atoms with Crippen molar-refractivity contribution in [2.24, 2.45) is 5.73 Å². The molecular formula is C20H23N3O4. The summed E-state index contributed by atoms with van der Waals surface area (Å²) in [5.41, 5.74) is 7.55. The zero-order valence-corrected chi connectivity index (χ0v) is 15.6. The third-order valence-electron chi connectivity index (χ3n) is 5.04. The van der Waals surface area contributed by atoms with Gasteiger partial charge in [-0.15, -0.1) is 0 Å². The number of nitrogens with two attached hydrogens (primary N) is 1. The number of carbonyl (C=O) groups is 2. The molecule has 7 nitrogen and oxygen atoms in total. The monoisotopic (exact) mass is 369 g/mol. The van der Waals surface area contributed by atoms with Gasteiger partial charge >= 0.3 is 0 Å². The van der Waals surface area contributed by atoms with E-state index in [4.69, 9.17) is 10.5 Å². The smallest absolute Gasteiger partial charge is 0.261 e. The van der Waals surface area contributed by atoms with Crippen molar-refractivity contribution in [2.75, 3.05) is 20.2 Å². The van der Waals surface area contributed by atoms with E-state index in [0.29, 0.717) is 24.3 Å². The highest BCUT2D eigenvalue weighted by atomic mass is 16.5. The topological polar surface area (TPSA) is 105 Å². The van der Waals surface area contributed by atoms with Crippen LogP contribution in [0.4, 0.5) is 0 Å². The van der Waals surface area contributed by atoms with E-state index < -0.39 is 11.5 Å². The van der Waals surface area contributed by atoms with Crippen molar-refractivity contribution in [3.05, 3.63) is 63.1 Å². The number of H-pyrrole nitrogens is 1. The van der Waals surface area contributed by atoms with E-state index >= 15 is 0 Å². The second-order valence-corrected chi connectivity index (χ2v) is 6.86. The van der Waals surface area contributed by atoms with Crippen LogP contribution in [0.3, 0.4) is 0 Å². The normalized spacial score (nSPS) is 19.2. The maximum atomic E-state index is 12.9. The highest BCUT2D eigenvalue weighted by molar-refractivity contribution is 6.00. The van der Waals surface area contributed by atoms with E-state index in [1.807, 2.05) is 24.3 Å². The van der Waals surface area contributed by atoms with Crippen molar-refractivity contribution in [1.82, 2.24) is 9.88 Å². The Kier molecular flexibility index (Phi) is 5.14. The number of carbonyl (C=O) groups excluding carboxylic acids is 2. The molecule has 0 spiro atoms. The molecule has 27 heavy (non-hydrogen) atoms. The quantitative estimate of drug-likeness (QED) is 0.794. The van der Waals surface area contributed by atoms with Crippen molar-refractivity contribution in [3.63, 3.8) is 0 Å². The van der Waals surface area contributed by atoms with E-state index in [1.54, 1.807) is 18.9 Å². The minimum absolute atomic E-state index is 0.0309. The predicted octanol–water partition coefficient (Wildman–Crippen LogP) is 1.46. The van der Waals surface area contributed by atoms with Crippen LogP contribution in [0.2, 0.25) is 0 Å². The van der Waals surface area contributed by atoms with Crippen molar-refractivity contribution in [1.29, 1.82) is 0 Å². The van der Waals surface area contributed by atoms with Crippen LogP contribution < -0.4 is 16.0 Å². The SMILES string of the molecule is COc1ccc([C@H]2CN(C(=O)c3cc(C(C)=O)c(C)[nH]c3=O)C[C@@H]2N)cc1. The number of likely N-dealkylation sites (tertiary alicyclic amines) is 1. The highest BCUT2D eigenvalue weighted by Crippen LogP contribution is 2.28. The standard InChI is InChI=1S/C20H23N3O4/c1-11-15(12(2)24)8-16(19(25)22-11)20(26)23-9-17(18(21)10-23)13-4-6-14(27-3)7-5-13/h4-8,17-18H,9-10,21H2,1-3H3,(H,22,25)/t17-,18+/m1/s1. The van der Waals surface area contributed by atoms with Crippen LogP contribution in [-0.4, -0.2) is 47.8 Å². The minimum atomic E-state index is -0.496. The molecule has 0 unspecified atom stereocenters. The van der Waals surface area contributed by atoms with Gasteiger partial charge in [0, 0.05) is 36.3 Å². The summed E-state index contributed by atoms with van der Waals surface area (Å²) in [5.74, 6) is 0.107. The first-order valence-electron chi connectivity index (χ1n) is 8.75. The lowest BCUT2D eigenvalue weighted by molar-refractivity contribution is 0.0787. The maximum absolute atomic E-state index is 12.9. The van der Waals surface area contributed by atoms with Gasteiger partial charge in [0.2, 0.25) is 0 Å². The Labute approximate surface area is 157 Å². The maximum Gasteiger partial charge on any atom is 0.261 e. The molecular weight excluding hydrogens is 346 g/mol. The Balaban J connectivity index is 1.85. The van der Waals surface area contributed by atoms with Crippen LogP contribution in [0.5, 0.6) is 5.75 Å². The fraction of sp³-hybridized carbons (Fsp3) is 0.350. The van der Waals surface area contributed by atoms with Gasteiger partial charge in [-0.3, -0.25) is 14.4 Å². The number of aromatic amines is 1. The Morgan fingerprint density at radius 2 is 1.85 bits per heavy atom. The lowest BCUT2D eigenvalue weighted by atomic mass is 9.95. The fourth-order valence-electron chi connectivity index (χ4n) is 3.52. The first-order valence-corrected chi connectivity index (χ1v) is 8.75. The molecule has 1 aliphatic heterocycles. The van der Waals surface area contributed by atoms with Crippen molar-refractivity contribution < 1.29 is 14.3 Å². The van der Waals surface area contributed by atoms with Crippen LogP contribution in [0.15, 0.2) is 35.1 Å². The first kappa shape index (κ1) is 18.8. The molecule has 1 aliphatic rings. The highest BCUT2D eigenvalue weighted by Gasteiger charge is 2.35. The summed E-state index contributed by atoms with van der Waals surface area (Å²) in [6.07, 6.45) is 0. The number of methoxy groups -OCH3 is 1. The number of pyridine rings is 1. The van der Waals surface area contributed by atoms with E-state index in [-0.39, 0.29) is 23.3 Å². The van der Waals surface area contributed by atoms with E-state index in [9.17, 15) is 14.4 Å². The number of aromatic nitrogens is 1. The van der Waals surface area contributed by atoms with E-state index in [1.165, 1.54) is 13.0 Å². The second kappa shape index (κ2) is 7.36. The summed E-state index contributed by atoms with van der Waals surface area (Å²) in [4.78, 5) is 41.1. The van der Waals surface area contributed by atoms with Gasteiger partial charge in [-0.2, -0.15) is 0 Å². The molecule has 2 heterocycles. The van der Waals surface area contributed by atoms with Crippen molar-refractivity contribution in [3.8, 4) is 5.75 Å². The molecule has 2 aromatic rings. The summed E-state index contributed by atoms with van der Waals surface area (Å²) >= 11 is 0. The third-order valence-corrected chi connectivity index (χ3v) is 5.04. The number of nitrogens with one attached hydrogen (secondary N) is 1. The largest absolute Gasteiger partial charge is 0.497 e. The van der Waals surface area contributed by atoms with Crippen LogP contribution in [0.25, 0.3) is 0 Å². The van der Waals surface area contributed by atoms with Crippen LogP contribution in [-0.2, 0) is 0 Å². The molecule has 3 N–H and O–H groups in total. The average Bonchev–Trinajstić information content (AvgIpc) is 3.03. The number of hydrogen-bond donors (Lipinski definition) is 2. The molecule has 0 bridgehead atoms. The van der Waals surface area contributed by atoms with Gasteiger partial charge in [-0.25, -0.2) is 0 Å². The summed E-state index contributed by atoms with van der Waals surface area (Å²) < 4.78 is 5.17. The number of rotatable bonds is 4. The number of Topliss-reactive ketones (excluding diaryl/α,β-unsaturated/α-hetero) is 1. The number of ketones is 1. The Bertz CT molecular complexity index is 933. The van der Waals surface area contributed by atoms with Gasteiger partial charge < -0.3 is 20.4 Å². The summed E-state index contributed by atoms with van der Waals surface area (Å²) in [5, 5.41) is 0. The van der Waals surface area contributed by atoms with E-state index in [0.717, 1.165) is 11.3 Å². The minimum Gasteiger partial charge on any atom is -0.497 e. The molecule has 1 aromatic carbocycles. The lowest BCUT2D eigenvalue weighted by Crippen LogP contribution is -2.35. The van der Waals surface area contributed by atoms with Gasteiger partial charge in [0.25, 0.3) is 11.5 Å². The van der Waals surface area contributed by atoms with Crippen molar-refractivity contribution >= 4 is 11.7 Å². The molecule has 1 aromatic heterocycles. The molecule has 0 saturated carbocycles. The predicted molar refractivity (Wildman–Crippen MR) is 101 cm³/mol. The molecule has 7 heteroatoms. The number of hydrogen-bond acceptors (Lipinski definition) is 5. The molecule has 1 saturated heterocycles. The summed E-state index contributed by atoms with van der Waals surface area (Å²) in [6, 6.07) is 8.73. The van der Waals surface area contributed by atoms with Crippen molar-refractivity contribution in [2.45, 2.75) is 25.8 Å². The number of ether oxygens (including phenoxy) is 1. The Hall–Kier alpha value is -2.93. The average molecular weight is 369 g/mol. The molecule has 3 rings (SSSR count). The molecule has 0 aliphatic carbocycles. The Morgan fingerprint density at radius 1 is 1.19 bits per heavy atom. The third kappa shape index (κ3) is 3.64. The molecule has 1 amide bonds. The summed E-state index contributed by atoms with van der Waals surface area (Å²) in [7, 11) is 1.60. The summed E-state index contributed by atoms with van der Waals surface area (Å²) in [6.45, 7) is 3.80. The van der Waals surface area contributed by atoms with Crippen LogP contribution >= 0.6 is 0 Å². The number of benzene rings is 1. The van der Waals surface area contributed by atoms with Gasteiger partial charge in [0.1, 0.15) is 11.3 Å². The Morgan fingerprint density at radius 3 is 2.44 bits per heavy atom. The lowest BCUT2D eigenvalue weighted by Gasteiger charge is -2.17. The zero-order chi connectivity index (χ0) is 19.7. The zero-order valence-electron chi connectivity index (χ0n) is 15.6. The van der Waals surface area contributed by atoms with Gasteiger partial charge in [-0.1, -0.05) is 12.1 Å². The molecule has 1 fully saturated rings. The number of aryl methyl sites for hydroxylation is 1. The van der Waals surface area contributed by atoms with Crippen LogP contribution in [0.1, 0.15) is 44.8 Å². The van der Waals surface area contributed by atoms with Gasteiger partial charge in [-0.05, 0) is 37.6 Å². The van der Waals surface area contributed by atoms with Crippen LogP contribution in [0, 0.1) is 6.92 Å². The van der Waals surface area contributed by atoms with Gasteiger partial charge in [0.05, 0.1) is 7.11 Å². The number of nitrogens with zero attached hydrogens (tertiary/aromatic N) is 1. The van der Waals surface area contributed by atoms with E-state index in [2.05, 4.69) is 4.98 Å². The molecule has 2 atom stereocenters. The van der Waals surface area contributed by atoms with Gasteiger partial charge in [0.15, 0.2) is 5.78 Å². The second-order valence-electron chi connectivity index (χ2n) is 6.86.